The summed E-state index contributed by atoms with van der Waals surface area (Å²) in [6.07, 6.45) is 1.49. The summed E-state index contributed by atoms with van der Waals surface area (Å²) < 4.78 is 16.7. The fourth-order valence-corrected chi connectivity index (χ4v) is 3.01. The van der Waals surface area contributed by atoms with Crippen LogP contribution in [-0.2, 0) is 20.3 Å². The molecule has 0 heterocycles. The lowest BCUT2D eigenvalue weighted by Crippen LogP contribution is -2.22. The zero-order chi connectivity index (χ0) is 17.7. The van der Waals surface area contributed by atoms with Crippen molar-refractivity contribution in [1.29, 1.82) is 0 Å². The highest BCUT2D eigenvalue weighted by Crippen LogP contribution is 2.19. The monoisotopic (exact) mass is 345 g/mol. The fourth-order valence-electron chi connectivity index (χ4n) is 2.28. The second-order valence-electron chi connectivity index (χ2n) is 5.34. The summed E-state index contributed by atoms with van der Waals surface area (Å²) in [5.41, 5.74) is 2.79. The number of esters is 1. The van der Waals surface area contributed by atoms with E-state index in [2.05, 4.69) is 5.32 Å². The minimum atomic E-state index is -1.31. The van der Waals surface area contributed by atoms with Gasteiger partial charge in [-0.2, -0.15) is 0 Å². The molecule has 2 rings (SSSR count). The number of ether oxygens (including phenoxy) is 1. The molecule has 0 aliphatic carbocycles. The highest BCUT2D eigenvalue weighted by molar-refractivity contribution is 7.84. The molecule has 6 heteroatoms. The van der Waals surface area contributed by atoms with Crippen LogP contribution in [-0.4, -0.2) is 28.9 Å². The van der Waals surface area contributed by atoms with E-state index >= 15 is 0 Å². The van der Waals surface area contributed by atoms with Gasteiger partial charge < -0.3 is 10.1 Å². The van der Waals surface area contributed by atoms with E-state index in [1.54, 1.807) is 18.2 Å². The summed E-state index contributed by atoms with van der Waals surface area (Å²) in [7, 11) is -1.31. The molecule has 0 saturated carbocycles. The molecule has 0 aliphatic rings. The highest BCUT2D eigenvalue weighted by atomic mass is 32.2. The number of carbonyl (C=O) groups excluding carboxylic acids is 2. The van der Waals surface area contributed by atoms with Gasteiger partial charge >= 0.3 is 5.97 Å². The first kappa shape index (κ1) is 17.9. The van der Waals surface area contributed by atoms with Crippen molar-refractivity contribution < 1.29 is 18.5 Å². The molecule has 0 aliphatic heterocycles. The molecular formula is C18H19NO4S. The molecular weight excluding hydrogens is 326 g/mol. The number of hydrogen-bond donors (Lipinski definition) is 1. The van der Waals surface area contributed by atoms with E-state index in [9.17, 15) is 13.8 Å². The highest BCUT2D eigenvalue weighted by Gasteiger charge is 2.16. The van der Waals surface area contributed by atoms with E-state index in [-0.39, 0.29) is 5.56 Å². The Morgan fingerprint density at radius 3 is 2.29 bits per heavy atom. The van der Waals surface area contributed by atoms with Crippen molar-refractivity contribution in [3.05, 3.63) is 59.2 Å². The number of amides is 1. The Hall–Kier alpha value is -2.47. The van der Waals surface area contributed by atoms with Gasteiger partial charge in [0.15, 0.2) is 6.61 Å². The van der Waals surface area contributed by atoms with E-state index in [4.69, 9.17) is 4.74 Å². The van der Waals surface area contributed by atoms with Gasteiger partial charge in [-0.25, -0.2) is 4.79 Å². The van der Waals surface area contributed by atoms with Gasteiger partial charge in [0, 0.05) is 11.9 Å². The normalized spacial score (nSPS) is 11.6. The van der Waals surface area contributed by atoms with Crippen LogP contribution in [0.2, 0.25) is 0 Å². The maximum Gasteiger partial charge on any atom is 0.339 e. The largest absolute Gasteiger partial charge is 0.452 e. The van der Waals surface area contributed by atoms with Gasteiger partial charge in [-0.1, -0.05) is 30.3 Å². The van der Waals surface area contributed by atoms with Crippen molar-refractivity contribution >= 4 is 28.4 Å². The second kappa shape index (κ2) is 7.88. The summed E-state index contributed by atoms with van der Waals surface area (Å²) in [4.78, 5) is 24.5. The standard InChI is InChI=1S/C18H19NO4S/c1-12-7-6-8-13(2)17(12)19-16(20)11-23-18(21)14-9-4-5-10-15(14)24(3)22/h4-10H,11H2,1-3H3,(H,19,20)/t24-/m0/s1. The van der Waals surface area contributed by atoms with Crippen molar-refractivity contribution in [1.82, 2.24) is 0 Å². The zero-order valence-electron chi connectivity index (χ0n) is 13.8. The molecule has 1 amide bonds. The SMILES string of the molecule is Cc1cccc(C)c1NC(=O)COC(=O)c1ccccc1[S@](C)=O. The van der Waals surface area contributed by atoms with Gasteiger partial charge in [0.1, 0.15) is 0 Å². The number of anilines is 1. The lowest BCUT2D eigenvalue weighted by Gasteiger charge is -2.12. The van der Waals surface area contributed by atoms with Crippen LogP contribution in [0.1, 0.15) is 21.5 Å². The Labute approximate surface area is 143 Å². The van der Waals surface area contributed by atoms with E-state index < -0.39 is 29.3 Å². The molecule has 0 saturated heterocycles. The van der Waals surface area contributed by atoms with Gasteiger partial charge in [0.05, 0.1) is 21.3 Å². The predicted molar refractivity (Wildman–Crippen MR) is 93.6 cm³/mol. The third-order valence-electron chi connectivity index (χ3n) is 3.50. The third kappa shape index (κ3) is 4.29. The molecule has 2 aromatic carbocycles. The molecule has 0 fully saturated rings. The van der Waals surface area contributed by atoms with Crippen molar-refractivity contribution in [2.24, 2.45) is 0 Å². The quantitative estimate of drug-likeness (QED) is 0.846. The molecule has 5 nitrogen and oxygen atoms in total. The van der Waals surface area contributed by atoms with Crippen molar-refractivity contribution in [3.63, 3.8) is 0 Å². The number of rotatable bonds is 5. The van der Waals surface area contributed by atoms with Gasteiger partial charge in [-0.3, -0.25) is 9.00 Å². The van der Waals surface area contributed by atoms with Crippen LogP contribution in [0.3, 0.4) is 0 Å². The number of carbonyl (C=O) groups is 2. The van der Waals surface area contributed by atoms with Crippen LogP contribution in [0.15, 0.2) is 47.4 Å². The summed E-state index contributed by atoms with van der Waals surface area (Å²) in [6, 6.07) is 12.2. The lowest BCUT2D eigenvalue weighted by atomic mass is 10.1. The Morgan fingerprint density at radius 1 is 1.04 bits per heavy atom. The van der Waals surface area contributed by atoms with Crippen LogP contribution in [0.25, 0.3) is 0 Å². The van der Waals surface area contributed by atoms with Gasteiger partial charge in [-0.05, 0) is 37.1 Å². The Morgan fingerprint density at radius 2 is 1.67 bits per heavy atom. The third-order valence-corrected chi connectivity index (χ3v) is 4.47. The average Bonchev–Trinajstić information content (AvgIpc) is 2.56. The van der Waals surface area contributed by atoms with Crippen LogP contribution in [0, 0.1) is 13.8 Å². The smallest absolute Gasteiger partial charge is 0.339 e. The van der Waals surface area contributed by atoms with Crippen LogP contribution in [0.4, 0.5) is 5.69 Å². The molecule has 24 heavy (non-hydrogen) atoms. The fraction of sp³-hybridized carbons (Fsp3) is 0.222. The maximum absolute atomic E-state index is 12.1. The number of hydrogen-bond acceptors (Lipinski definition) is 4. The minimum Gasteiger partial charge on any atom is -0.452 e. The van der Waals surface area contributed by atoms with Crippen molar-refractivity contribution in [3.8, 4) is 0 Å². The number of para-hydroxylation sites is 1. The Kier molecular flexibility index (Phi) is 5.87. The van der Waals surface area contributed by atoms with E-state index in [0.29, 0.717) is 10.6 Å². The molecule has 1 N–H and O–H groups in total. The van der Waals surface area contributed by atoms with Crippen LogP contribution in [0.5, 0.6) is 0 Å². The molecule has 1 atom stereocenters. The molecule has 0 radical (unpaired) electrons. The van der Waals surface area contributed by atoms with E-state index in [0.717, 1.165) is 11.1 Å². The first-order chi connectivity index (χ1) is 11.4. The number of benzene rings is 2. The summed E-state index contributed by atoms with van der Waals surface area (Å²) in [5, 5.41) is 2.75. The zero-order valence-corrected chi connectivity index (χ0v) is 14.6. The van der Waals surface area contributed by atoms with E-state index in [1.807, 2.05) is 32.0 Å². The summed E-state index contributed by atoms with van der Waals surface area (Å²) in [5.74, 6) is -1.09. The molecule has 0 bridgehead atoms. The average molecular weight is 345 g/mol. The first-order valence-electron chi connectivity index (χ1n) is 7.36. The van der Waals surface area contributed by atoms with Gasteiger partial charge in [-0.15, -0.1) is 0 Å². The molecule has 0 unspecified atom stereocenters. The molecule has 2 aromatic rings. The molecule has 126 valence electrons. The number of aryl methyl sites for hydroxylation is 2. The van der Waals surface area contributed by atoms with Crippen LogP contribution >= 0.6 is 0 Å². The minimum absolute atomic E-state index is 0.207. The molecule has 0 aromatic heterocycles. The first-order valence-corrected chi connectivity index (χ1v) is 8.91. The summed E-state index contributed by atoms with van der Waals surface area (Å²) >= 11 is 0. The summed E-state index contributed by atoms with van der Waals surface area (Å²) in [6.45, 7) is 3.38. The van der Waals surface area contributed by atoms with Crippen molar-refractivity contribution in [2.45, 2.75) is 18.7 Å². The predicted octanol–water partition coefficient (Wildman–Crippen LogP) is 2.84. The number of nitrogens with one attached hydrogen (secondary N) is 1. The Balaban J connectivity index is 2.02. The lowest BCUT2D eigenvalue weighted by molar-refractivity contribution is -0.119. The van der Waals surface area contributed by atoms with Crippen molar-refractivity contribution in [2.75, 3.05) is 18.2 Å². The maximum atomic E-state index is 12.1. The Bertz CT molecular complexity index is 781. The van der Waals surface area contributed by atoms with Gasteiger partial charge in [0.2, 0.25) is 0 Å². The molecule has 0 spiro atoms. The van der Waals surface area contributed by atoms with Crippen LogP contribution < -0.4 is 5.32 Å². The topological polar surface area (TPSA) is 72.5 Å². The van der Waals surface area contributed by atoms with E-state index in [1.165, 1.54) is 12.3 Å². The van der Waals surface area contributed by atoms with Gasteiger partial charge in [0.25, 0.3) is 5.91 Å². The second-order valence-corrected chi connectivity index (χ2v) is 6.69.